The lowest BCUT2D eigenvalue weighted by Gasteiger charge is -2.03. The molecular formula is C18H13N3O3. The molecule has 0 N–H and O–H groups in total. The van der Waals surface area contributed by atoms with E-state index in [9.17, 15) is 0 Å². The first kappa shape index (κ1) is 14.2. The molecule has 0 fully saturated rings. The molecule has 0 aliphatic carbocycles. The van der Waals surface area contributed by atoms with Gasteiger partial charge in [-0.1, -0.05) is 35.5 Å². The molecule has 0 atom stereocenters. The highest BCUT2D eigenvalue weighted by Crippen LogP contribution is 2.22. The lowest BCUT2D eigenvalue weighted by molar-refractivity contribution is 0.249. The van der Waals surface area contributed by atoms with E-state index >= 15 is 0 Å². The summed E-state index contributed by atoms with van der Waals surface area (Å²) >= 11 is 0. The van der Waals surface area contributed by atoms with E-state index in [1.54, 1.807) is 0 Å². The normalized spacial score (nSPS) is 10.7. The van der Waals surface area contributed by atoms with Gasteiger partial charge in [-0.3, -0.25) is 0 Å². The summed E-state index contributed by atoms with van der Waals surface area (Å²) in [5.74, 6) is 1.86. The van der Waals surface area contributed by atoms with Crippen molar-refractivity contribution >= 4 is 0 Å². The molecule has 2 heterocycles. The Bertz CT molecular complexity index is 900. The second kappa shape index (κ2) is 6.37. The van der Waals surface area contributed by atoms with Crippen molar-refractivity contribution in [1.82, 2.24) is 15.4 Å². The monoisotopic (exact) mass is 319 g/mol. The summed E-state index contributed by atoms with van der Waals surface area (Å²) < 4.78 is 16.2. The van der Waals surface area contributed by atoms with Crippen LogP contribution in [0.25, 0.3) is 22.7 Å². The summed E-state index contributed by atoms with van der Waals surface area (Å²) in [6, 6.07) is 19.1. The quantitative estimate of drug-likeness (QED) is 0.554. The SMILES string of the molecule is c1ccc(-c2cc(COc3ccc(-c4nnco4)cc3)on2)cc1. The van der Waals surface area contributed by atoms with Crippen molar-refractivity contribution < 1.29 is 13.7 Å². The lowest BCUT2D eigenvalue weighted by atomic mass is 10.1. The average molecular weight is 319 g/mol. The van der Waals surface area contributed by atoms with E-state index in [2.05, 4.69) is 15.4 Å². The molecule has 2 aromatic carbocycles. The fourth-order valence-corrected chi connectivity index (χ4v) is 2.27. The summed E-state index contributed by atoms with van der Waals surface area (Å²) in [6.45, 7) is 0.305. The Morgan fingerprint density at radius 1 is 0.917 bits per heavy atom. The zero-order valence-corrected chi connectivity index (χ0v) is 12.6. The molecular weight excluding hydrogens is 306 g/mol. The fourth-order valence-electron chi connectivity index (χ4n) is 2.27. The Morgan fingerprint density at radius 3 is 2.50 bits per heavy atom. The maximum absolute atomic E-state index is 5.71. The molecule has 0 aliphatic heterocycles. The molecule has 4 rings (SSSR count). The van der Waals surface area contributed by atoms with E-state index in [1.165, 1.54) is 6.39 Å². The lowest BCUT2D eigenvalue weighted by Crippen LogP contribution is -1.93. The van der Waals surface area contributed by atoms with Gasteiger partial charge in [0.2, 0.25) is 12.3 Å². The Balaban J connectivity index is 1.41. The maximum atomic E-state index is 5.71. The first-order valence-electron chi connectivity index (χ1n) is 7.39. The number of hydrogen-bond acceptors (Lipinski definition) is 6. The highest BCUT2D eigenvalue weighted by Gasteiger charge is 2.08. The van der Waals surface area contributed by atoms with E-state index < -0.39 is 0 Å². The van der Waals surface area contributed by atoms with Crippen LogP contribution in [0.5, 0.6) is 5.75 Å². The molecule has 0 saturated heterocycles. The largest absolute Gasteiger partial charge is 0.486 e. The van der Waals surface area contributed by atoms with Gasteiger partial charge in [-0.15, -0.1) is 10.2 Å². The minimum atomic E-state index is 0.305. The summed E-state index contributed by atoms with van der Waals surface area (Å²) in [7, 11) is 0. The second-order valence-corrected chi connectivity index (χ2v) is 5.10. The van der Waals surface area contributed by atoms with Crippen LogP contribution < -0.4 is 4.74 Å². The van der Waals surface area contributed by atoms with Gasteiger partial charge in [0.1, 0.15) is 18.1 Å². The summed E-state index contributed by atoms with van der Waals surface area (Å²) in [5, 5.41) is 11.6. The Hall–Kier alpha value is -3.41. The van der Waals surface area contributed by atoms with Gasteiger partial charge < -0.3 is 13.7 Å². The van der Waals surface area contributed by atoms with E-state index in [0.29, 0.717) is 18.3 Å². The van der Waals surface area contributed by atoms with Crippen LogP contribution in [-0.4, -0.2) is 15.4 Å². The predicted octanol–water partition coefficient (Wildman–Crippen LogP) is 3.97. The molecule has 6 heteroatoms. The van der Waals surface area contributed by atoms with Gasteiger partial charge in [0.25, 0.3) is 0 Å². The summed E-state index contributed by atoms with van der Waals surface area (Å²) in [4.78, 5) is 0. The van der Waals surface area contributed by atoms with Gasteiger partial charge in [0, 0.05) is 17.2 Å². The van der Waals surface area contributed by atoms with Crippen LogP contribution in [0.3, 0.4) is 0 Å². The number of hydrogen-bond donors (Lipinski definition) is 0. The van der Waals surface area contributed by atoms with Gasteiger partial charge in [-0.2, -0.15) is 0 Å². The highest BCUT2D eigenvalue weighted by atomic mass is 16.5. The van der Waals surface area contributed by atoms with Crippen LogP contribution in [0, 0.1) is 0 Å². The predicted molar refractivity (Wildman–Crippen MR) is 86.0 cm³/mol. The number of benzene rings is 2. The molecule has 0 radical (unpaired) electrons. The van der Waals surface area contributed by atoms with Gasteiger partial charge in [0.15, 0.2) is 5.76 Å². The topological polar surface area (TPSA) is 74.2 Å². The number of nitrogens with zero attached hydrogens (tertiary/aromatic N) is 3. The third-order valence-corrected chi connectivity index (χ3v) is 3.47. The Labute approximate surface area is 137 Å². The van der Waals surface area contributed by atoms with E-state index in [-0.39, 0.29) is 0 Å². The maximum Gasteiger partial charge on any atom is 0.247 e. The van der Waals surface area contributed by atoms with E-state index in [4.69, 9.17) is 13.7 Å². The molecule has 4 aromatic rings. The molecule has 0 bridgehead atoms. The molecule has 0 amide bonds. The van der Waals surface area contributed by atoms with Crippen molar-refractivity contribution in [2.75, 3.05) is 0 Å². The molecule has 6 nitrogen and oxygen atoms in total. The number of rotatable bonds is 5. The molecule has 0 aliphatic rings. The Kier molecular flexibility index (Phi) is 3.77. The molecule has 0 unspecified atom stereocenters. The summed E-state index contributed by atoms with van der Waals surface area (Å²) in [5.41, 5.74) is 2.64. The Morgan fingerprint density at radius 2 is 1.75 bits per heavy atom. The molecule has 2 aromatic heterocycles. The smallest absolute Gasteiger partial charge is 0.247 e. The van der Waals surface area contributed by atoms with Gasteiger partial charge in [-0.25, -0.2) is 0 Å². The fraction of sp³-hybridized carbons (Fsp3) is 0.0556. The third kappa shape index (κ3) is 3.03. The van der Waals surface area contributed by atoms with Crippen LogP contribution in [-0.2, 0) is 6.61 Å². The zero-order chi connectivity index (χ0) is 16.2. The highest BCUT2D eigenvalue weighted by molar-refractivity contribution is 5.58. The van der Waals surface area contributed by atoms with Crippen molar-refractivity contribution in [1.29, 1.82) is 0 Å². The van der Waals surface area contributed by atoms with Gasteiger partial charge >= 0.3 is 0 Å². The van der Waals surface area contributed by atoms with Crippen LogP contribution in [0.1, 0.15) is 5.76 Å². The molecule has 24 heavy (non-hydrogen) atoms. The minimum absolute atomic E-state index is 0.305. The van der Waals surface area contributed by atoms with Crippen LogP contribution in [0.15, 0.2) is 76.0 Å². The van der Waals surface area contributed by atoms with E-state index in [0.717, 1.165) is 22.6 Å². The van der Waals surface area contributed by atoms with Crippen molar-refractivity contribution in [2.24, 2.45) is 0 Å². The molecule has 0 saturated carbocycles. The minimum Gasteiger partial charge on any atom is -0.486 e. The van der Waals surface area contributed by atoms with Gasteiger partial charge in [0.05, 0.1) is 0 Å². The second-order valence-electron chi connectivity index (χ2n) is 5.10. The van der Waals surface area contributed by atoms with Crippen LogP contribution in [0.2, 0.25) is 0 Å². The number of ether oxygens (including phenoxy) is 1. The van der Waals surface area contributed by atoms with Crippen molar-refractivity contribution in [2.45, 2.75) is 6.61 Å². The first-order chi connectivity index (χ1) is 11.9. The zero-order valence-electron chi connectivity index (χ0n) is 12.6. The average Bonchev–Trinajstić information content (AvgIpc) is 3.33. The molecule has 0 spiro atoms. The van der Waals surface area contributed by atoms with Crippen LogP contribution >= 0.6 is 0 Å². The number of aromatic nitrogens is 3. The third-order valence-electron chi connectivity index (χ3n) is 3.47. The van der Waals surface area contributed by atoms with Crippen molar-refractivity contribution in [3.05, 3.63) is 72.8 Å². The summed E-state index contributed by atoms with van der Waals surface area (Å²) in [6.07, 6.45) is 1.30. The van der Waals surface area contributed by atoms with Crippen molar-refractivity contribution in [3.8, 4) is 28.5 Å². The first-order valence-corrected chi connectivity index (χ1v) is 7.39. The van der Waals surface area contributed by atoms with Gasteiger partial charge in [-0.05, 0) is 24.3 Å². The van der Waals surface area contributed by atoms with Crippen molar-refractivity contribution in [3.63, 3.8) is 0 Å². The standard InChI is InChI=1S/C18H13N3O3/c1-2-4-13(5-3-1)17-10-16(24-21-17)11-22-15-8-6-14(7-9-15)18-20-19-12-23-18/h1-10,12H,11H2. The van der Waals surface area contributed by atoms with E-state index in [1.807, 2.05) is 60.7 Å². The molecule has 118 valence electrons. The van der Waals surface area contributed by atoms with Crippen LogP contribution in [0.4, 0.5) is 0 Å².